The molecular weight excluding hydrogens is 428 g/mol. The van der Waals surface area contributed by atoms with Crippen LogP contribution in [0, 0.1) is 11.8 Å². The monoisotopic (exact) mass is 454 g/mol. The first-order chi connectivity index (χ1) is 16.0. The maximum atomic E-state index is 12.5. The summed E-state index contributed by atoms with van der Waals surface area (Å²) in [6.45, 7) is 3.05. The highest BCUT2D eigenvalue weighted by atomic mass is 16.7. The normalized spacial score (nSPS) is 17.4. The van der Waals surface area contributed by atoms with E-state index in [0.717, 1.165) is 6.08 Å². The fourth-order valence-corrected chi connectivity index (χ4v) is 3.43. The molecule has 1 aliphatic rings. The maximum Gasteiger partial charge on any atom is 0.333 e. The lowest BCUT2D eigenvalue weighted by Gasteiger charge is -2.25. The highest BCUT2D eigenvalue weighted by Crippen LogP contribution is 2.31. The predicted octanol–water partition coefficient (Wildman–Crippen LogP) is 4.08. The van der Waals surface area contributed by atoms with Crippen LogP contribution in [0.25, 0.3) is 0 Å². The third-order valence-electron chi connectivity index (χ3n) is 5.31. The molecule has 0 heterocycles. The number of methoxy groups -OCH3 is 1. The van der Waals surface area contributed by atoms with Crippen LogP contribution in [0.3, 0.4) is 0 Å². The zero-order valence-electron chi connectivity index (χ0n) is 18.4. The number of carbonyl (C=O) groups is 3. The van der Waals surface area contributed by atoms with Gasteiger partial charge in [-0.1, -0.05) is 6.58 Å². The lowest BCUT2D eigenvalue weighted by Crippen LogP contribution is -2.30. The van der Waals surface area contributed by atoms with Crippen molar-refractivity contribution in [3.05, 3.63) is 61.2 Å². The van der Waals surface area contributed by atoms with E-state index in [0.29, 0.717) is 48.7 Å². The molecule has 0 radical (unpaired) electrons. The molecule has 0 spiro atoms. The average molecular weight is 454 g/mol. The van der Waals surface area contributed by atoms with E-state index in [1.54, 1.807) is 55.6 Å². The van der Waals surface area contributed by atoms with Crippen molar-refractivity contribution in [3.63, 3.8) is 0 Å². The number of hydrogen-bond acceptors (Lipinski definition) is 8. The van der Waals surface area contributed by atoms with Crippen LogP contribution in [0.15, 0.2) is 61.2 Å². The average Bonchev–Trinajstić information content (AvgIpc) is 2.85. The number of carbonyl (C=O) groups excluding carboxylic acids is 3. The summed E-state index contributed by atoms with van der Waals surface area (Å²) in [5.41, 5.74) is 0. The summed E-state index contributed by atoms with van der Waals surface area (Å²) in [5.74, 6) is 0.279. The molecule has 0 unspecified atom stereocenters. The summed E-state index contributed by atoms with van der Waals surface area (Å²) < 4.78 is 26.0. The van der Waals surface area contributed by atoms with Crippen LogP contribution >= 0.6 is 0 Å². The van der Waals surface area contributed by atoms with Crippen molar-refractivity contribution in [2.24, 2.45) is 11.8 Å². The molecule has 1 aliphatic carbocycles. The smallest absolute Gasteiger partial charge is 0.333 e. The van der Waals surface area contributed by atoms with Gasteiger partial charge in [-0.3, -0.25) is 9.59 Å². The topological polar surface area (TPSA) is 97.4 Å². The molecule has 2 aromatic carbocycles. The molecule has 33 heavy (non-hydrogen) atoms. The Labute approximate surface area is 192 Å². The van der Waals surface area contributed by atoms with Crippen LogP contribution in [-0.2, 0) is 19.1 Å². The molecule has 0 saturated heterocycles. The second-order valence-corrected chi connectivity index (χ2v) is 7.47. The Hall–Kier alpha value is -3.81. The first-order valence-corrected chi connectivity index (χ1v) is 10.6. The van der Waals surface area contributed by atoms with Crippen LogP contribution in [0.4, 0.5) is 0 Å². The van der Waals surface area contributed by atoms with E-state index in [4.69, 9.17) is 23.7 Å². The first-order valence-electron chi connectivity index (χ1n) is 10.6. The molecule has 0 amide bonds. The summed E-state index contributed by atoms with van der Waals surface area (Å²) in [4.78, 5) is 35.9. The minimum absolute atomic E-state index is 0.242. The van der Waals surface area contributed by atoms with Crippen molar-refractivity contribution in [1.82, 2.24) is 0 Å². The second kappa shape index (κ2) is 11.7. The number of esters is 3. The van der Waals surface area contributed by atoms with Crippen LogP contribution in [0.5, 0.6) is 23.0 Å². The van der Waals surface area contributed by atoms with Crippen molar-refractivity contribution in [2.45, 2.75) is 25.7 Å². The number of rotatable bonds is 9. The molecule has 1 fully saturated rings. The Morgan fingerprint density at radius 3 is 1.64 bits per heavy atom. The minimum atomic E-state index is -0.579. The number of hydrogen-bond donors (Lipinski definition) is 0. The predicted molar refractivity (Wildman–Crippen MR) is 118 cm³/mol. The Kier molecular flexibility index (Phi) is 8.46. The Bertz CT molecular complexity index is 957. The van der Waals surface area contributed by atoms with Gasteiger partial charge < -0.3 is 23.7 Å². The van der Waals surface area contributed by atoms with Gasteiger partial charge in [0.2, 0.25) is 6.79 Å². The van der Waals surface area contributed by atoms with E-state index >= 15 is 0 Å². The molecular formula is C25H26O8. The van der Waals surface area contributed by atoms with Crippen molar-refractivity contribution >= 4 is 17.9 Å². The van der Waals surface area contributed by atoms with E-state index in [2.05, 4.69) is 6.58 Å². The summed E-state index contributed by atoms with van der Waals surface area (Å²) >= 11 is 0. The molecule has 0 atom stereocenters. The molecule has 8 heteroatoms. The zero-order valence-corrected chi connectivity index (χ0v) is 18.4. The first kappa shape index (κ1) is 23.8. The number of benzene rings is 2. The lowest BCUT2D eigenvalue weighted by molar-refractivity contribution is -0.145. The molecule has 1 saturated carbocycles. The van der Waals surface area contributed by atoms with Gasteiger partial charge in [0.05, 0.1) is 18.9 Å². The Morgan fingerprint density at radius 1 is 0.788 bits per heavy atom. The quantitative estimate of drug-likeness (QED) is 0.242. The summed E-state index contributed by atoms with van der Waals surface area (Å²) in [6.07, 6.45) is 3.27. The van der Waals surface area contributed by atoms with Crippen LogP contribution in [0.2, 0.25) is 0 Å². The summed E-state index contributed by atoms with van der Waals surface area (Å²) in [5, 5.41) is 0. The lowest BCUT2D eigenvalue weighted by atomic mass is 9.82. The van der Waals surface area contributed by atoms with Crippen LogP contribution < -0.4 is 18.9 Å². The van der Waals surface area contributed by atoms with E-state index in [9.17, 15) is 14.4 Å². The van der Waals surface area contributed by atoms with Gasteiger partial charge in [0, 0.05) is 6.08 Å². The molecule has 174 valence electrons. The van der Waals surface area contributed by atoms with E-state index in [1.165, 1.54) is 0 Å². The van der Waals surface area contributed by atoms with Gasteiger partial charge in [-0.2, -0.15) is 0 Å². The van der Waals surface area contributed by atoms with Gasteiger partial charge in [-0.15, -0.1) is 0 Å². The minimum Gasteiger partial charge on any atom is -0.497 e. The second-order valence-electron chi connectivity index (χ2n) is 7.47. The molecule has 0 aromatic heterocycles. The standard InChI is InChI=1S/C25H26O8/c1-3-23(26)31-16-30-20-10-14-22(15-11-20)33-25(28)18-6-4-17(5-7-18)24(27)32-21-12-8-19(29-2)9-13-21/h3,8-15,17-18H,1,4-7,16H2,2H3. The van der Waals surface area contributed by atoms with Gasteiger partial charge >= 0.3 is 17.9 Å². The summed E-state index contributed by atoms with van der Waals surface area (Å²) in [7, 11) is 1.57. The van der Waals surface area contributed by atoms with Crippen LogP contribution in [0.1, 0.15) is 25.7 Å². The highest BCUT2D eigenvalue weighted by molar-refractivity contribution is 5.81. The van der Waals surface area contributed by atoms with E-state index in [1.807, 2.05) is 0 Å². The van der Waals surface area contributed by atoms with Crippen molar-refractivity contribution in [2.75, 3.05) is 13.9 Å². The fraction of sp³-hybridized carbons (Fsp3) is 0.320. The summed E-state index contributed by atoms with van der Waals surface area (Å²) in [6, 6.07) is 13.2. The van der Waals surface area contributed by atoms with E-state index < -0.39 is 5.97 Å². The van der Waals surface area contributed by atoms with E-state index in [-0.39, 0.29) is 30.6 Å². The van der Waals surface area contributed by atoms with Gasteiger partial charge in [0.25, 0.3) is 0 Å². The fourth-order valence-electron chi connectivity index (χ4n) is 3.43. The molecule has 8 nitrogen and oxygen atoms in total. The van der Waals surface area contributed by atoms with Crippen molar-refractivity contribution in [1.29, 1.82) is 0 Å². The number of ether oxygens (including phenoxy) is 5. The molecule has 0 N–H and O–H groups in total. The molecule has 0 bridgehead atoms. The molecule has 3 rings (SSSR count). The maximum absolute atomic E-state index is 12.5. The third-order valence-corrected chi connectivity index (χ3v) is 5.31. The SMILES string of the molecule is C=CC(=O)OCOc1ccc(OC(=O)C2CCC(C(=O)Oc3ccc(OC)cc3)CC2)cc1. The van der Waals surface area contributed by atoms with Gasteiger partial charge in [-0.25, -0.2) is 4.79 Å². The largest absolute Gasteiger partial charge is 0.497 e. The van der Waals surface area contributed by atoms with Gasteiger partial charge in [0.1, 0.15) is 23.0 Å². The third kappa shape index (κ3) is 7.10. The zero-order chi connectivity index (χ0) is 23.6. The van der Waals surface area contributed by atoms with Crippen LogP contribution in [-0.4, -0.2) is 31.8 Å². The molecule has 2 aromatic rings. The van der Waals surface area contributed by atoms with Gasteiger partial charge in [-0.05, 0) is 74.2 Å². The van der Waals surface area contributed by atoms with Gasteiger partial charge in [0.15, 0.2) is 0 Å². The molecule has 0 aliphatic heterocycles. The highest BCUT2D eigenvalue weighted by Gasteiger charge is 2.32. The van der Waals surface area contributed by atoms with Crippen molar-refractivity contribution in [3.8, 4) is 23.0 Å². The Morgan fingerprint density at radius 2 is 1.21 bits per heavy atom. The van der Waals surface area contributed by atoms with Crippen molar-refractivity contribution < 1.29 is 38.1 Å². The Balaban J connectivity index is 1.41.